The van der Waals surface area contributed by atoms with Crippen LogP contribution in [0, 0.1) is 6.92 Å². The largest absolute Gasteiger partial charge is 0.438 e. The van der Waals surface area contributed by atoms with Gasteiger partial charge in [0.15, 0.2) is 0 Å². The molecule has 3 rings (SSSR count). The number of halogens is 1. The molecule has 0 saturated carbocycles. The lowest BCUT2D eigenvalue weighted by atomic mass is 10.2. The summed E-state index contributed by atoms with van der Waals surface area (Å²) in [7, 11) is 0. The predicted molar refractivity (Wildman–Crippen MR) is 75.8 cm³/mol. The van der Waals surface area contributed by atoms with E-state index in [1.54, 1.807) is 0 Å². The minimum atomic E-state index is 0.181. The molecule has 0 aliphatic carbocycles. The van der Waals surface area contributed by atoms with E-state index in [2.05, 4.69) is 9.97 Å². The van der Waals surface area contributed by atoms with Gasteiger partial charge in [0.25, 0.3) is 0 Å². The molecule has 0 aliphatic rings. The molecule has 0 atom stereocenters. The van der Waals surface area contributed by atoms with E-state index in [1.165, 1.54) is 5.56 Å². The summed E-state index contributed by atoms with van der Waals surface area (Å²) in [6, 6.07) is 15.4. The lowest BCUT2D eigenvalue weighted by Gasteiger charge is -2.08. The fraction of sp³-hybridized carbons (Fsp3) is 0.0667. The van der Waals surface area contributed by atoms with E-state index in [0.717, 1.165) is 16.7 Å². The number of nitrogens with zero attached hydrogens (tertiary/aromatic N) is 2. The molecule has 4 heteroatoms. The van der Waals surface area contributed by atoms with Crippen molar-refractivity contribution >= 4 is 22.5 Å². The molecule has 0 aliphatic heterocycles. The molecule has 0 fully saturated rings. The summed E-state index contributed by atoms with van der Waals surface area (Å²) in [6.45, 7) is 2.03. The van der Waals surface area contributed by atoms with Gasteiger partial charge in [-0.25, -0.2) is 4.98 Å². The molecule has 0 N–H and O–H groups in total. The van der Waals surface area contributed by atoms with Crippen LogP contribution >= 0.6 is 11.6 Å². The number of rotatable bonds is 2. The number of para-hydroxylation sites is 1. The summed E-state index contributed by atoms with van der Waals surface area (Å²) in [6.07, 6.45) is 0. The summed E-state index contributed by atoms with van der Waals surface area (Å²) in [5.41, 5.74) is 1.95. The topological polar surface area (TPSA) is 35.0 Å². The average molecular weight is 271 g/mol. The Bertz CT molecular complexity index is 726. The highest BCUT2D eigenvalue weighted by molar-refractivity contribution is 6.28. The second kappa shape index (κ2) is 4.86. The highest BCUT2D eigenvalue weighted by atomic mass is 35.5. The second-order valence-electron chi connectivity index (χ2n) is 4.23. The van der Waals surface area contributed by atoms with E-state index in [1.807, 2.05) is 55.5 Å². The molecule has 19 heavy (non-hydrogen) atoms. The number of aromatic nitrogens is 2. The molecule has 2 aromatic carbocycles. The summed E-state index contributed by atoms with van der Waals surface area (Å²) in [5, 5.41) is 1.02. The second-order valence-corrected chi connectivity index (χ2v) is 4.57. The third-order valence-corrected chi connectivity index (χ3v) is 2.95. The van der Waals surface area contributed by atoms with Crippen molar-refractivity contribution in [1.82, 2.24) is 9.97 Å². The Hall–Kier alpha value is -2.13. The Morgan fingerprint density at radius 3 is 2.47 bits per heavy atom. The number of aryl methyl sites for hydroxylation is 1. The van der Waals surface area contributed by atoms with E-state index in [4.69, 9.17) is 16.3 Å². The van der Waals surface area contributed by atoms with Crippen LogP contribution in [0.4, 0.5) is 0 Å². The molecule has 3 nitrogen and oxygen atoms in total. The number of hydrogen-bond donors (Lipinski definition) is 0. The molecule has 1 aromatic heterocycles. The lowest BCUT2D eigenvalue weighted by Crippen LogP contribution is -1.92. The van der Waals surface area contributed by atoms with Crippen molar-refractivity contribution in [2.75, 3.05) is 0 Å². The monoisotopic (exact) mass is 270 g/mol. The van der Waals surface area contributed by atoms with Gasteiger partial charge in [0, 0.05) is 0 Å². The first kappa shape index (κ1) is 11.9. The van der Waals surface area contributed by atoms with Gasteiger partial charge >= 0.3 is 0 Å². The van der Waals surface area contributed by atoms with E-state index in [9.17, 15) is 0 Å². The van der Waals surface area contributed by atoms with Crippen molar-refractivity contribution in [3.8, 4) is 11.6 Å². The number of ether oxygens (including phenoxy) is 1. The Morgan fingerprint density at radius 2 is 1.68 bits per heavy atom. The van der Waals surface area contributed by atoms with Crippen molar-refractivity contribution in [2.45, 2.75) is 6.92 Å². The Kier molecular flexibility index (Phi) is 3.05. The molecular formula is C15H11ClN2O. The van der Waals surface area contributed by atoms with Crippen LogP contribution in [0.1, 0.15) is 5.56 Å². The molecular weight excluding hydrogens is 260 g/mol. The van der Waals surface area contributed by atoms with Crippen LogP contribution < -0.4 is 4.74 Å². The highest BCUT2D eigenvalue weighted by Gasteiger charge is 2.08. The SMILES string of the molecule is Cc1ccc(Oc2nc(Cl)nc3ccccc23)cc1. The van der Waals surface area contributed by atoms with Crippen LogP contribution in [0.25, 0.3) is 10.9 Å². The first-order valence-corrected chi connectivity index (χ1v) is 6.27. The van der Waals surface area contributed by atoms with Crippen LogP contribution in [0.2, 0.25) is 5.28 Å². The normalized spacial score (nSPS) is 10.6. The first-order chi connectivity index (χ1) is 9.22. The molecule has 1 heterocycles. The zero-order chi connectivity index (χ0) is 13.2. The summed E-state index contributed by atoms with van der Waals surface area (Å²) in [4.78, 5) is 8.32. The Morgan fingerprint density at radius 1 is 0.947 bits per heavy atom. The molecule has 0 radical (unpaired) electrons. The van der Waals surface area contributed by atoms with Gasteiger partial charge in [-0.3, -0.25) is 0 Å². The molecule has 94 valence electrons. The Labute approximate surface area is 115 Å². The van der Waals surface area contributed by atoms with Gasteiger partial charge in [-0.1, -0.05) is 29.8 Å². The maximum Gasteiger partial charge on any atom is 0.231 e. The van der Waals surface area contributed by atoms with Gasteiger partial charge in [0.2, 0.25) is 11.2 Å². The molecule has 0 amide bonds. The van der Waals surface area contributed by atoms with Crippen LogP contribution in [0.3, 0.4) is 0 Å². The molecule has 3 aromatic rings. The van der Waals surface area contributed by atoms with Crippen LogP contribution in [0.15, 0.2) is 48.5 Å². The van der Waals surface area contributed by atoms with Gasteiger partial charge in [-0.2, -0.15) is 4.98 Å². The van der Waals surface area contributed by atoms with Gasteiger partial charge in [0.1, 0.15) is 5.75 Å². The van der Waals surface area contributed by atoms with E-state index in [0.29, 0.717) is 5.88 Å². The average Bonchev–Trinajstić information content (AvgIpc) is 2.41. The molecule has 0 unspecified atom stereocenters. The van der Waals surface area contributed by atoms with Gasteiger partial charge in [-0.05, 0) is 42.8 Å². The predicted octanol–water partition coefficient (Wildman–Crippen LogP) is 4.38. The summed E-state index contributed by atoms with van der Waals surface area (Å²) < 4.78 is 5.79. The summed E-state index contributed by atoms with van der Waals surface area (Å²) in [5.74, 6) is 1.20. The maximum atomic E-state index is 5.91. The minimum absolute atomic E-state index is 0.181. The van der Waals surface area contributed by atoms with Crippen molar-refractivity contribution in [3.05, 3.63) is 59.4 Å². The first-order valence-electron chi connectivity index (χ1n) is 5.89. The quantitative estimate of drug-likeness (QED) is 0.648. The minimum Gasteiger partial charge on any atom is -0.438 e. The van der Waals surface area contributed by atoms with Crippen LogP contribution in [0.5, 0.6) is 11.6 Å². The summed E-state index contributed by atoms with van der Waals surface area (Å²) >= 11 is 5.91. The Balaban J connectivity index is 2.07. The van der Waals surface area contributed by atoms with Crippen LogP contribution in [-0.2, 0) is 0 Å². The van der Waals surface area contributed by atoms with Crippen molar-refractivity contribution < 1.29 is 4.74 Å². The van der Waals surface area contributed by atoms with Crippen molar-refractivity contribution in [2.24, 2.45) is 0 Å². The van der Waals surface area contributed by atoms with E-state index < -0.39 is 0 Å². The van der Waals surface area contributed by atoms with E-state index in [-0.39, 0.29) is 5.28 Å². The smallest absolute Gasteiger partial charge is 0.231 e. The molecule has 0 spiro atoms. The third kappa shape index (κ3) is 2.51. The van der Waals surface area contributed by atoms with Gasteiger partial charge in [0.05, 0.1) is 10.9 Å². The highest BCUT2D eigenvalue weighted by Crippen LogP contribution is 2.28. The van der Waals surface area contributed by atoms with Crippen molar-refractivity contribution in [1.29, 1.82) is 0 Å². The zero-order valence-electron chi connectivity index (χ0n) is 10.3. The van der Waals surface area contributed by atoms with Crippen LogP contribution in [-0.4, -0.2) is 9.97 Å². The fourth-order valence-electron chi connectivity index (χ4n) is 1.82. The standard InChI is InChI=1S/C15H11ClN2O/c1-10-6-8-11(9-7-10)19-14-12-4-2-3-5-13(12)17-15(16)18-14/h2-9H,1H3. The van der Waals surface area contributed by atoms with Gasteiger partial charge < -0.3 is 4.74 Å². The molecule has 0 bridgehead atoms. The maximum absolute atomic E-state index is 5.91. The number of hydrogen-bond acceptors (Lipinski definition) is 3. The number of benzene rings is 2. The van der Waals surface area contributed by atoms with Crippen molar-refractivity contribution in [3.63, 3.8) is 0 Å². The van der Waals surface area contributed by atoms with E-state index >= 15 is 0 Å². The molecule has 0 saturated heterocycles. The fourth-order valence-corrected chi connectivity index (χ4v) is 1.98. The number of fused-ring (bicyclic) bond motifs is 1. The third-order valence-electron chi connectivity index (χ3n) is 2.78. The lowest BCUT2D eigenvalue weighted by molar-refractivity contribution is 0.468. The zero-order valence-corrected chi connectivity index (χ0v) is 11.1. The van der Waals surface area contributed by atoms with Gasteiger partial charge in [-0.15, -0.1) is 0 Å².